The van der Waals surface area contributed by atoms with Crippen LogP contribution in [0.4, 0.5) is 24.7 Å². The van der Waals surface area contributed by atoms with Crippen LogP contribution in [0.1, 0.15) is 32.8 Å². The number of amides is 1. The van der Waals surface area contributed by atoms with Gasteiger partial charge in [-0.1, -0.05) is 19.1 Å². The van der Waals surface area contributed by atoms with Crippen LogP contribution in [-0.2, 0) is 11.0 Å². The zero-order chi connectivity index (χ0) is 23.9. The summed E-state index contributed by atoms with van der Waals surface area (Å²) in [6.45, 7) is 5.97. The van der Waals surface area contributed by atoms with Crippen molar-refractivity contribution in [2.75, 3.05) is 16.8 Å². The largest absolute Gasteiger partial charge is 0.416 e. The molecule has 0 N–H and O–H groups in total. The number of rotatable bonds is 4. The van der Waals surface area contributed by atoms with Crippen LogP contribution in [0.25, 0.3) is 22.5 Å². The molecule has 172 valence electrons. The number of likely N-dealkylation sites (N-methyl/N-ethyl adjacent to an activating group) is 1. The standard InChI is InChI=1S/C24H24F3N5O/c1-5-19-23(33)31(4)20-13-29-21(30-22(20)32(19)14(2)3)18-12-28-11-10-17(18)15-6-8-16(9-7-15)24(25,26)27/h6-14,19H,5H2,1-4H3/t19-/m1/s1. The van der Waals surface area contributed by atoms with Crippen molar-refractivity contribution in [2.45, 2.75) is 45.5 Å². The first kappa shape index (κ1) is 22.7. The average Bonchev–Trinajstić information content (AvgIpc) is 2.80. The number of nitrogens with zero attached hydrogens (tertiary/aromatic N) is 5. The highest BCUT2D eigenvalue weighted by Gasteiger charge is 2.38. The topological polar surface area (TPSA) is 62.2 Å². The molecule has 0 fully saturated rings. The van der Waals surface area contributed by atoms with Crippen molar-refractivity contribution >= 4 is 17.4 Å². The van der Waals surface area contributed by atoms with Gasteiger partial charge in [0.1, 0.15) is 11.7 Å². The molecule has 3 aromatic rings. The molecule has 1 aliphatic rings. The Labute approximate surface area is 190 Å². The van der Waals surface area contributed by atoms with Gasteiger partial charge in [-0.25, -0.2) is 9.97 Å². The van der Waals surface area contributed by atoms with Gasteiger partial charge in [-0.3, -0.25) is 9.78 Å². The van der Waals surface area contributed by atoms with E-state index in [9.17, 15) is 18.0 Å². The van der Waals surface area contributed by atoms with E-state index in [1.54, 1.807) is 36.6 Å². The lowest BCUT2D eigenvalue weighted by molar-refractivity contribution is -0.137. The van der Waals surface area contributed by atoms with E-state index in [4.69, 9.17) is 4.98 Å². The Morgan fingerprint density at radius 1 is 1.06 bits per heavy atom. The number of benzene rings is 1. The van der Waals surface area contributed by atoms with Crippen LogP contribution in [0, 0.1) is 0 Å². The zero-order valence-corrected chi connectivity index (χ0v) is 18.8. The summed E-state index contributed by atoms with van der Waals surface area (Å²) in [5.74, 6) is 1.02. The molecule has 1 amide bonds. The third-order valence-corrected chi connectivity index (χ3v) is 5.84. The highest BCUT2D eigenvalue weighted by atomic mass is 19.4. The summed E-state index contributed by atoms with van der Waals surface area (Å²) in [7, 11) is 1.71. The van der Waals surface area contributed by atoms with E-state index in [1.807, 2.05) is 25.7 Å². The highest BCUT2D eigenvalue weighted by molar-refractivity contribution is 6.04. The summed E-state index contributed by atoms with van der Waals surface area (Å²) in [6.07, 6.45) is 1.02. The zero-order valence-electron chi connectivity index (χ0n) is 18.8. The molecule has 1 aliphatic heterocycles. The SMILES string of the molecule is CC[C@@H]1C(=O)N(C)c2cnc(-c3cnccc3-c3ccc(C(F)(F)F)cc3)nc2N1C(C)C. The molecule has 1 atom stereocenters. The smallest absolute Gasteiger partial charge is 0.340 e. The minimum atomic E-state index is -4.40. The molecule has 4 rings (SSSR count). The molecule has 0 bridgehead atoms. The van der Waals surface area contributed by atoms with Gasteiger partial charge >= 0.3 is 6.18 Å². The van der Waals surface area contributed by atoms with Gasteiger partial charge in [-0.15, -0.1) is 0 Å². The number of alkyl halides is 3. The maximum absolute atomic E-state index is 13.0. The molecule has 9 heteroatoms. The summed E-state index contributed by atoms with van der Waals surface area (Å²) in [5, 5.41) is 0. The van der Waals surface area contributed by atoms with Crippen molar-refractivity contribution in [2.24, 2.45) is 0 Å². The summed E-state index contributed by atoms with van der Waals surface area (Å²) in [5.41, 5.74) is 1.76. The van der Waals surface area contributed by atoms with Gasteiger partial charge in [0.2, 0.25) is 5.91 Å². The number of carbonyl (C=O) groups is 1. The Morgan fingerprint density at radius 2 is 1.76 bits per heavy atom. The van der Waals surface area contributed by atoms with Crippen molar-refractivity contribution in [3.05, 3.63) is 54.5 Å². The number of anilines is 2. The summed E-state index contributed by atoms with van der Waals surface area (Å²) < 4.78 is 39.0. The van der Waals surface area contributed by atoms with Crippen molar-refractivity contribution in [3.8, 4) is 22.5 Å². The van der Waals surface area contributed by atoms with Crippen LogP contribution in [0.3, 0.4) is 0 Å². The van der Waals surface area contributed by atoms with Gasteiger partial charge in [-0.2, -0.15) is 13.2 Å². The number of pyridine rings is 1. The van der Waals surface area contributed by atoms with Crippen molar-refractivity contribution in [3.63, 3.8) is 0 Å². The van der Waals surface area contributed by atoms with E-state index in [0.29, 0.717) is 40.4 Å². The molecule has 33 heavy (non-hydrogen) atoms. The van der Waals surface area contributed by atoms with Gasteiger partial charge in [0, 0.05) is 31.0 Å². The lowest BCUT2D eigenvalue weighted by atomic mass is 9.99. The Balaban J connectivity index is 1.83. The molecular weight excluding hydrogens is 431 g/mol. The molecule has 0 aliphatic carbocycles. The molecule has 2 aromatic heterocycles. The quantitative estimate of drug-likeness (QED) is 0.542. The van der Waals surface area contributed by atoms with Crippen LogP contribution >= 0.6 is 0 Å². The minimum absolute atomic E-state index is 0.0122. The Hall–Kier alpha value is -3.49. The van der Waals surface area contributed by atoms with E-state index in [2.05, 4.69) is 9.97 Å². The summed E-state index contributed by atoms with van der Waals surface area (Å²) in [6, 6.07) is 6.39. The predicted octanol–water partition coefficient (Wildman–Crippen LogP) is 5.19. The summed E-state index contributed by atoms with van der Waals surface area (Å²) in [4.78, 5) is 29.9. The fourth-order valence-corrected chi connectivity index (χ4v) is 4.17. The third kappa shape index (κ3) is 4.03. The number of aromatic nitrogens is 3. The number of halogens is 3. The second-order valence-corrected chi connectivity index (χ2v) is 8.22. The molecule has 0 unspecified atom stereocenters. The van der Waals surface area contributed by atoms with Crippen molar-refractivity contribution < 1.29 is 18.0 Å². The fourth-order valence-electron chi connectivity index (χ4n) is 4.17. The van der Waals surface area contributed by atoms with Gasteiger partial charge in [0.15, 0.2) is 11.6 Å². The van der Waals surface area contributed by atoms with E-state index < -0.39 is 11.7 Å². The first-order valence-electron chi connectivity index (χ1n) is 10.7. The molecule has 0 radical (unpaired) electrons. The lowest BCUT2D eigenvalue weighted by Crippen LogP contribution is -2.54. The molecule has 3 heterocycles. The van der Waals surface area contributed by atoms with Gasteiger partial charge in [0.05, 0.1) is 11.8 Å². The number of fused-ring (bicyclic) bond motifs is 1. The Morgan fingerprint density at radius 3 is 2.36 bits per heavy atom. The first-order chi connectivity index (χ1) is 15.6. The van der Waals surface area contributed by atoms with Crippen LogP contribution in [-0.4, -0.2) is 40.0 Å². The Kier molecular flexibility index (Phi) is 5.82. The average molecular weight is 455 g/mol. The van der Waals surface area contributed by atoms with Crippen molar-refractivity contribution in [1.29, 1.82) is 0 Å². The van der Waals surface area contributed by atoms with Crippen molar-refractivity contribution in [1.82, 2.24) is 15.0 Å². The number of hydrogen-bond donors (Lipinski definition) is 0. The van der Waals surface area contributed by atoms with Crippen LogP contribution in [0.15, 0.2) is 48.9 Å². The van der Waals surface area contributed by atoms with Gasteiger partial charge < -0.3 is 9.80 Å². The van der Waals surface area contributed by atoms with Gasteiger partial charge in [-0.05, 0) is 49.6 Å². The van der Waals surface area contributed by atoms with E-state index in [-0.39, 0.29) is 18.0 Å². The van der Waals surface area contributed by atoms with E-state index in [0.717, 1.165) is 12.1 Å². The fraction of sp³-hybridized carbons (Fsp3) is 0.333. The van der Waals surface area contributed by atoms with E-state index in [1.165, 1.54) is 12.1 Å². The second kappa shape index (κ2) is 8.46. The Bertz CT molecular complexity index is 1180. The first-order valence-corrected chi connectivity index (χ1v) is 10.7. The summed E-state index contributed by atoms with van der Waals surface area (Å²) >= 11 is 0. The predicted molar refractivity (Wildman–Crippen MR) is 121 cm³/mol. The molecule has 0 spiro atoms. The monoisotopic (exact) mass is 455 g/mol. The van der Waals surface area contributed by atoms with Crippen LogP contribution < -0.4 is 9.80 Å². The van der Waals surface area contributed by atoms with E-state index >= 15 is 0 Å². The number of hydrogen-bond acceptors (Lipinski definition) is 5. The third-order valence-electron chi connectivity index (χ3n) is 5.84. The lowest BCUT2D eigenvalue weighted by Gasteiger charge is -2.42. The molecular formula is C24H24F3N5O. The van der Waals surface area contributed by atoms with Crippen LogP contribution in [0.5, 0.6) is 0 Å². The maximum atomic E-state index is 13.0. The maximum Gasteiger partial charge on any atom is 0.416 e. The van der Waals surface area contributed by atoms with Gasteiger partial charge in [0.25, 0.3) is 0 Å². The molecule has 0 saturated heterocycles. The molecule has 6 nitrogen and oxygen atoms in total. The molecule has 1 aromatic carbocycles. The highest BCUT2D eigenvalue weighted by Crippen LogP contribution is 2.39. The van der Waals surface area contributed by atoms with Crippen LogP contribution in [0.2, 0.25) is 0 Å². The number of carbonyl (C=O) groups excluding carboxylic acids is 1. The normalized spacial score (nSPS) is 16.4. The minimum Gasteiger partial charge on any atom is -0.340 e. The molecule has 0 saturated carbocycles. The second-order valence-electron chi connectivity index (χ2n) is 8.22.